The number of likely N-dealkylation sites (N-methyl/N-ethyl adjacent to an activating group) is 1. The summed E-state index contributed by atoms with van der Waals surface area (Å²) in [6, 6.07) is 0. The Hall–Kier alpha value is -1.89. The molecule has 2 amide bonds. The highest BCUT2D eigenvalue weighted by Gasteiger charge is 2.48. The number of aromatic nitrogens is 1. The average Bonchev–Trinajstić information content (AvgIpc) is 2.92. The first-order valence-corrected chi connectivity index (χ1v) is 8.84. The zero-order valence-corrected chi connectivity index (χ0v) is 15.5. The highest BCUT2D eigenvalue weighted by Crippen LogP contribution is 2.41. The predicted octanol–water partition coefficient (Wildman–Crippen LogP) is 1.32. The average molecular weight is 349 g/mol. The summed E-state index contributed by atoms with van der Waals surface area (Å²) in [7, 11) is 3.54. The molecule has 0 bridgehead atoms. The molecule has 1 unspecified atom stereocenters. The molecular formula is C18H27N3O4. The molecule has 0 aliphatic carbocycles. The Labute approximate surface area is 148 Å². The number of rotatable bonds is 3. The van der Waals surface area contributed by atoms with E-state index in [1.807, 2.05) is 25.8 Å². The molecule has 25 heavy (non-hydrogen) atoms. The third-order valence-corrected chi connectivity index (χ3v) is 5.81. The fourth-order valence-electron chi connectivity index (χ4n) is 4.16. The minimum absolute atomic E-state index is 0.0733. The molecule has 138 valence electrons. The summed E-state index contributed by atoms with van der Waals surface area (Å²) < 4.78 is 10.7. The highest BCUT2D eigenvalue weighted by molar-refractivity contribution is 5.84. The molecule has 1 aromatic heterocycles. The van der Waals surface area contributed by atoms with Crippen LogP contribution in [0.3, 0.4) is 0 Å². The second-order valence-corrected chi connectivity index (χ2v) is 7.39. The molecule has 0 aromatic carbocycles. The van der Waals surface area contributed by atoms with Crippen LogP contribution in [-0.4, -0.2) is 66.7 Å². The van der Waals surface area contributed by atoms with Gasteiger partial charge in [0.1, 0.15) is 5.76 Å². The Morgan fingerprint density at radius 2 is 2.04 bits per heavy atom. The van der Waals surface area contributed by atoms with Crippen LogP contribution in [0.15, 0.2) is 4.52 Å². The molecule has 0 saturated carbocycles. The van der Waals surface area contributed by atoms with E-state index in [0.717, 1.165) is 17.7 Å². The van der Waals surface area contributed by atoms with Crippen LogP contribution in [0.4, 0.5) is 0 Å². The van der Waals surface area contributed by atoms with Crippen LogP contribution < -0.4 is 0 Å². The van der Waals surface area contributed by atoms with Crippen LogP contribution in [0.25, 0.3) is 0 Å². The Kier molecular flexibility index (Phi) is 4.86. The first-order valence-electron chi connectivity index (χ1n) is 8.84. The molecule has 3 heterocycles. The van der Waals surface area contributed by atoms with Crippen molar-refractivity contribution >= 4 is 11.8 Å². The van der Waals surface area contributed by atoms with Crippen molar-refractivity contribution in [3.05, 3.63) is 17.0 Å². The minimum Gasteiger partial charge on any atom is -0.380 e. The third-order valence-electron chi connectivity index (χ3n) is 5.81. The molecule has 2 fully saturated rings. The summed E-state index contributed by atoms with van der Waals surface area (Å²) >= 11 is 0. The molecule has 1 atom stereocenters. The molecule has 2 aliphatic heterocycles. The summed E-state index contributed by atoms with van der Waals surface area (Å²) in [5.74, 6) is 0.967. The van der Waals surface area contributed by atoms with E-state index in [0.29, 0.717) is 44.7 Å². The number of amides is 2. The molecule has 7 heteroatoms. The summed E-state index contributed by atoms with van der Waals surface area (Å²) in [5, 5.41) is 3.91. The number of carbonyl (C=O) groups excluding carboxylic acids is 2. The maximum Gasteiger partial charge on any atom is 0.228 e. The Bertz CT molecular complexity index is 642. The number of likely N-dealkylation sites (tertiary alicyclic amines) is 2. The number of methoxy groups -OCH3 is 1. The van der Waals surface area contributed by atoms with Crippen molar-refractivity contribution in [2.24, 2.45) is 5.41 Å². The molecule has 1 spiro atoms. The number of carbonyl (C=O) groups is 2. The third kappa shape index (κ3) is 3.29. The van der Waals surface area contributed by atoms with Crippen molar-refractivity contribution in [3.8, 4) is 0 Å². The largest absolute Gasteiger partial charge is 0.380 e. The minimum atomic E-state index is -0.381. The predicted molar refractivity (Wildman–Crippen MR) is 91.0 cm³/mol. The topological polar surface area (TPSA) is 75.9 Å². The molecule has 0 N–H and O–H groups in total. The van der Waals surface area contributed by atoms with Gasteiger partial charge < -0.3 is 19.1 Å². The van der Waals surface area contributed by atoms with Crippen LogP contribution in [0.5, 0.6) is 0 Å². The number of nitrogens with zero attached hydrogens (tertiary/aromatic N) is 3. The lowest BCUT2D eigenvalue weighted by atomic mass is 9.71. The van der Waals surface area contributed by atoms with Crippen molar-refractivity contribution in [3.63, 3.8) is 0 Å². The van der Waals surface area contributed by atoms with Crippen LogP contribution in [0, 0.1) is 19.3 Å². The van der Waals surface area contributed by atoms with Crippen molar-refractivity contribution in [1.29, 1.82) is 0 Å². The number of aryl methyl sites for hydroxylation is 2. The number of hydrogen-bond donors (Lipinski definition) is 0. The molecule has 0 radical (unpaired) electrons. The lowest BCUT2D eigenvalue weighted by molar-refractivity contribution is -0.158. The number of hydrogen-bond acceptors (Lipinski definition) is 5. The van der Waals surface area contributed by atoms with Gasteiger partial charge in [-0.25, -0.2) is 0 Å². The van der Waals surface area contributed by atoms with Gasteiger partial charge in [0.05, 0.1) is 23.6 Å². The van der Waals surface area contributed by atoms with E-state index < -0.39 is 0 Å². The van der Waals surface area contributed by atoms with Gasteiger partial charge in [0, 0.05) is 39.4 Å². The normalized spacial score (nSPS) is 23.4. The fraction of sp³-hybridized carbons (Fsp3) is 0.722. The number of piperidine rings is 2. The van der Waals surface area contributed by atoms with E-state index in [1.54, 1.807) is 12.0 Å². The molecular weight excluding hydrogens is 322 g/mol. The van der Waals surface area contributed by atoms with E-state index in [-0.39, 0.29) is 23.3 Å². The van der Waals surface area contributed by atoms with E-state index >= 15 is 0 Å². The van der Waals surface area contributed by atoms with Gasteiger partial charge in [-0.1, -0.05) is 5.16 Å². The van der Waals surface area contributed by atoms with Gasteiger partial charge >= 0.3 is 0 Å². The fourth-order valence-corrected chi connectivity index (χ4v) is 4.16. The van der Waals surface area contributed by atoms with Crippen LogP contribution in [-0.2, 0) is 20.7 Å². The van der Waals surface area contributed by atoms with Gasteiger partial charge in [-0.3, -0.25) is 9.59 Å². The maximum atomic E-state index is 12.7. The maximum absolute atomic E-state index is 12.7. The first-order chi connectivity index (χ1) is 11.9. The molecule has 2 aliphatic rings. The molecule has 3 rings (SSSR count). The summed E-state index contributed by atoms with van der Waals surface area (Å²) in [6.45, 7) is 5.54. The van der Waals surface area contributed by atoms with E-state index in [9.17, 15) is 9.59 Å². The first kappa shape index (κ1) is 17.9. The van der Waals surface area contributed by atoms with Crippen molar-refractivity contribution < 1.29 is 18.8 Å². The van der Waals surface area contributed by atoms with Gasteiger partial charge in [-0.15, -0.1) is 0 Å². The zero-order chi connectivity index (χ0) is 18.2. The summed E-state index contributed by atoms with van der Waals surface area (Å²) in [4.78, 5) is 29.0. The Morgan fingerprint density at radius 1 is 1.36 bits per heavy atom. The van der Waals surface area contributed by atoms with Gasteiger partial charge in [-0.05, 0) is 33.1 Å². The lowest BCUT2D eigenvalue weighted by Gasteiger charge is -2.47. The van der Waals surface area contributed by atoms with E-state index in [2.05, 4.69) is 5.16 Å². The lowest BCUT2D eigenvalue weighted by Crippen LogP contribution is -2.57. The summed E-state index contributed by atoms with van der Waals surface area (Å²) in [5.41, 5.74) is 1.26. The highest BCUT2D eigenvalue weighted by atomic mass is 16.5. The van der Waals surface area contributed by atoms with Gasteiger partial charge in [-0.2, -0.15) is 0 Å². The second-order valence-electron chi connectivity index (χ2n) is 7.39. The summed E-state index contributed by atoms with van der Waals surface area (Å²) in [6.07, 6.45) is 2.53. The van der Waals surface area contributed by atoms with Gasteiger partial charge in [0.15, 0.2) is 0 Å². The monoisotopic (exact) mass is 349 g/mol. The van der Waals surface area contributed by atoms with E-state index in [4.69, 9.17) is 9.26 Å². The van der Waals surface area contributed by atoms with Crippen molar-refractivity contribution in [2.75, 3.05) is 33.8 Å². The molecule has 2 saturated heterocycles. The van der Waals surface area contributed by atoms with Crippen LogP contribution in [0.2, 0.25) is 0 Å². The standard InChI is InChI=1S/C18H27N3O4/c1-12-15(13(2)25-19-12)9-16(22)21-7-5-18(6-8-21)10-14(24-4)11-20(3)17(18)23/h14H,5-11H2,1-4H3. The molecule has 7 nitrogen and oxygen atoms in total. The smallest absolute Gasteiger partial charge is 0.228 e. The van der Waals surface area contributed by atoms with Crippen LogP contribution >= 0.6 is 0 Å². The van der Waals surface area contributed by atoms with Gasteiger partial charge in [0.25, 0.3) is 0 Å². The van der Waals surface area contributed by atoms with Gasteiger partial charge in [0.2, 0.25) is 11.8 Å². The number of ether oxygens (including phenoxy) is 1. The zero-order valence-electron chi connectivity index (χ0n) is 15.5. The van der Waals surface area contributed by atoms with Crippen LogP contribution in [0.1, 0.15) is 36.3 Å². The van der Waals surface area contributed by atoms with E-state index in [1.165, 1.54) is 0 Å². The molecule has 1 aromatic rings. The Morgan fingerprint density at radius 3 is 2.60 bits per heavy atom. The van der Waals surface area contributed by atoms with Crippen molar-refractivity contribution in [2.45, 2.75) is 45.6 Å². The quantitative estimate of drug-likeness (QED) is 0.823. The van der Waals surface area contributed by atoms with Crippen molar-refractivity contribution in [1.82, 2.24) is 15.0 Å². The SMILES string of the molecule is COC1CN(C)C(=O)C2(CCN(C(=O)Cc3c(C)noc3C)CC2)C1. The Balaban J connectivity index is 1.65. The second kappa shape index (κ2) is 6.78.